The molecule has 2 aliphatic rings. The molecule has 39 heavy (non-hydrogen) atoms. The maximum Gasteiger partial charge on any atom is 0.248 e. The number of nitrogens with one attached hydrogen (secondary N) is 2. The lowest BCUT2D eigenvalue weighted by Crippen LogP contribution is -2.47. The van der Waals surface area contributed by atoms with Crippen LogP contribution in [0.15, 0.2) is 48.8 Å². The molecular formula is C29H32BrFIN5O2. The van der Waals surface area contributed by atoms with Crippen molar-refractivity contribution < 1.29 is 13.9 Å². The highest BCUT2D eigenvalue weighted by Gasteiger charge is 2.45. The molecule has 1 amide bonds. The molecular weight excluding hydrogens is 676 g/mol. The van der Waals surface area contributed by atoms with E-state index in [2.05, 4.69) is 71.1 Å². The maximum atomic E-state index is 14.0. The van der Waals surface area contributed by atoms with Crippen LogP contribution in [0.1, 0.15) is 31.2 Å². The molecule has 2 N–H and O–H groups in total. The summed E-state index contributed by atoms with van der Waals surface area (Å²) in [6, 6.07) is 8.60. The molecule has 2 fully saturated rings. The van der Waals surface area contributed by atoms with Gasteiger partial charge >= 0.3 is 0 Å². The van der Waals surface area contributed by atoms with Crippen LogP contribution in [0.4, 0.5) is 21.6 Å². The highest BCUT2D eigenvalue weighted by atomic mass is 127. The molecule has 1 aliphatic heterocycles. The number of likely N-dealkylation sites (tertiary alicyclic amines) is 1. The first-order valence-electron chi connectivity index (χ1n) is 13.1. The fraction of sp³-hybridized carbons (Fsp3) is 0.414. The van der Waals surface area contributed by atoms with Crippen molar-refractivity contribution >= 4 is 72.5 Å². The first-order valence-corrected chi connectivity index (χ1v) is 15.8. The molecule has 0 bridgehead atoms. The summed E-state index contributed by atoms with van der Waals surface area (Å²) in [5.74, 6) is 1.18. The second kappa shape index (κ2) is 12.5. The van der Waals surface area contributed by atoms with Gasteiger partial charge in [-0.25, -0.2) is 14.4 Å². The van der Waals surface area contributed by atoms with Crippen molar-refractivity contribution in [2.45, 2.75) is 30.1 Å². The van der Waals surface area contributed by atoms with Crippen LogP contribution in [0.25, 0.3) is 10.9 Å². The number of hydrogen-bond acceptors (Lipinski definition) is 6. The first kappa shape index (κ1) is 28.2. The Morgan fingerprint density at radius 3 is 2.79 bits per heavy atom. The predicted octanol–water partition coefficient (Wildman–Crippen LogP) is 6.84. The van der Waals surface area contributed by atoms with Crippen LogP contribution >= 0.6 is 38.5 Å². The average Bonchev–Trinajstić information content (AvgIpc) is 2.92. The van der Waals surface area contributed by atoms with Crippen LogP contribution < -0.4 is 15.4 Å². The van der Waals surface area contributed by atoms with Crippen LogP contribution in [0.3, 0.4) is 0 Å². The second-order valence-corrected chi connectivity index (χ2v) is 12.0. The highest BCUT2D eigenvalue weighted by molar-refractivity contribution is 14.1. The van der Waals surface area contributed by atoms with Gasteiger partial charge in [0.05, 0.1) is 17.8 Å². The normalized spacial score (nSPS) is 17.4. The maximum absolute atomic E-state index is 14.0. The van der Waals surface area contributed by atoms with Gasteiger partial charge in [0, 0.05) is 33.0 Å². The molecule has 0 radical (unpaired) electrons. The van der Waals surface area contributed by atoms with Gasteiger partial charge in [0.1, 0.15) is 23.7 Å². The molecule has 10 heteroatoms. The smallest absolute Gasteiger partial charge is 0.248 e. The Kier molecular flexibility index (Phi) is 9.02. The largest absolute Gasteiger partial charge is 0.491 e. The van der Waals surface area contributed by atoms with Gasteiger partial charge < -0.3 is 20.3 Å². The van der Waals surface area contributed by atoms with Gasteiger partial charge in [0.2, 0.25) is 5.91 Å². The van der Waals surface area contributed by atoms with Crippen molar-refractivity contribution in [2.75, 3.05) is 42.7 Å². The SMILES string of the molecule is CN1CCC2(CC1)CC(COc1cc3ncnc(Nc4ccc(F)c(CI)c4)c3cc1NC(=O)/C=C/CBr)C2. The van der Waals surface area contributed by atoms with E-state index in [0.717, 1.165) is 11.1 Å². The molecule has 2 heterocycles. The Morgan fingerprint density at radius 1 is 1.26 bits per heavy atom. The Balaban J connectivity index is 1.38. The molecule has 5 rings (SSSR count). The van der Waals surface area contributed by atoms with E-state index in [9.17, 15) is 9.18 Å². The fourth-order valence-corrected chi connectivity index (χ4v) is 6.38. The third kappa shape index (κ3) is 6.71. The lowest BCUT2D eigenvalue weighted by Gasteiger charge is -2.51. The van der Waals surface area contributed by atoms with Crippen LogP contribution in [0.5, 0.6) is 5.75 Å². The number of hydrogen-bond donors (Lipinski definition) is 2. The van der Waals surface area contributed by atoms with Gasteiger partial charge in [-0.3, -0.25) is 4.79 Å². The van der Waals surface area contributed by atoms with Crippen LogP contribution in [-0.4, -0.2) is 52.8 Å². The highest BCUT2D eigenvalue weighted by Crippen LogP contribution is 2.52. The topological polar surface area (TPSA) is 79.4 Å². The third-order valence-electron chi connectivity index (χ3n) is 7.77. The molecule has 3 aromatic rings. The number of carbonyl (C=O) groups is 1. The summed E-state index contributed by atoms with van der Waals surface area (Å²) in [5, 5.41) is 7.56. The van der Waals surface area contributed by atoms with Crippen LogP contribution in [-0.2, 0) is 9.22 Å². The molecule has 0 unspecified atom stereocenters. The predicted molar refractivity (Wildman–Crippen MR) is 166 cm³/mol. The number of rotatable bonds is 9. The average molecular weight is 708 g/mol. The summed E-state index contributed by atoms with van der Waals surface area (Å²) >= 11 is 5.45. The van der Waals surface area contributed by atoms with Gasteiger partial charge in [-0.05, 0) is 87.0 Å². The van der Waals surface area contributed by atoms with E-state index in [1.807, 2.05) is 12.1 Å². The van der Waals surface area contributed by atoms with E-state index < -0.39 is 0 Å². The monoisotopic (exact) mass is 707 g/mol. The lowest BCUT2D eigenvalue weighted by atomic mass is 9.58. The Morgan fingerprint density at radius 2 is 2.05 bits per heavy atom. The van der Waals surface area contributed by atoms with Crippen molar-refractivity contribution in [3.05, 3.63) is 60.2 Å². The van der Waals surface area contributed by atoms with Crippen molar-refractivity contribution in [3.8, 4) is 5.75 Å². The quantitative estimate of drug-likeness (QED) is 0.144. The van der Waals surface area contributed by atoms with Crippen LogP contribution in [0.2, 0.25) is 0 Å². The molecule has 1 spiro atoms. The molecule has 1 aliphatic carbocycles. The Hall–Kier alpha value is -2.31. The molecule has 1 saturated heterocycles. The second-order valence-electron chi connectivity index (χ2n) is 10.6. The molecule has 0 atom stereocenters. The summed E-state index contributed by atoms with van der Waals surface area (Å²) in [4.78, 5) is 23.9. The van der Waals surface area contributed by atoms with E-state index in [1.165, 1.54) is 57.2 Å². The van der Waals surface area contributed by atoms with Crippen molar-refractivity contribution in [1.29, 1.82) is 0 Å². The Bertz CT molecular complexity index is 1370. The zero-order valence-corrected chi connectivity index (χ0v) is 25.6. The van der Waals surface area contributed by atoms with Gasteiger partial charge in [-0.1, -0.05) is 44.6 Å². The van der Waals surface area contributed by atoms with E-state index in [0.29, 0.717) is 56.0 Å². The number of ether oxygens (including phenoxy) is 1. The number of nitrogens with zero attached hydrogens (tertiary/aromatic N) is 3. The third-order valence-corrected chi connectivity index (χ3v) is 8.97. The fourth-order valence-electron chi connectivity index (χ4n) is 5.61. The zero-order chi connectivity index (χ0) is 27.4. The zero-order valence-electron chi connectivity index (χ0n) is 21.9. The number of benzene rings is 2. The number of alkyl halides is 2. The minimum atomic E-state index is -0.246. The number of anilines is 3. The molecule has 206 valence electrons. The minimum Gasteiger partial charge on any atom is -0.491 e. The number of amides is 1. The number of allylic oxidation sites excluding steroid dienone is 1. The summed E-state index contributed by atoms with van der Waals surface area (Å²) in [6.07, 6.45) is 9.62. The summed E-state index contributed by atoms with van der Waals surface area (Å²) in [7, 11) is 2.20. The summed E-state index contributed by atoms with van der Waals surface area (Å²) in [5.41, 5.74) is 3.06. The van der Waals surface area contributed by atoms with E-state index in [4.69, 9.17) is 4.74 Å². The van der Waals surface area contributed by atoms with Gasteiger partial charge in [0.15, 0.2) is 0 Å². The Labute approximate surface area is 250 Å². The van der Waals surface area contributed by atoms with Crippen molar-refractivity contribution in [1.82, 2.24) is 14.9 Å². The van der Waals surface area contributed by atoms with Crippen LogP contribution in [0, 0.1) is 17.2 Å². The van der Waals surface area contributed by atoms with E-state index in [-0.39, 0.29) is 11.7 Å². The van der Waals surface area contributed by atoms with Gasteiger partial charge in [-0.2, -0.15) is 0 Å². The number of carbonyl (C=O) groups excluding carboxylic acids is 1. The molecule has 1 aromatic heterocycles. The molecule has 7 nitrogen and oxygen atoms in total. The standard InChI is InChI=1S/C29H32BrFIN5O2/c1-37-9-6-29(7-10-37)14-19(15-29)17-39-26-13-24-22(12-25(26)36-27(38)3-2-8-30)28(34-18-33-24)35-21-4-5-23(31)20(11-21)16-32/h2-5,11-13,18-19H,6-10,14-17H2,1H3,(H,36,38)(H,33,34,35)/b3-2+. The van der Waals surface area contributed by atoms with E-state index in [1.54, 1.807) is 18.2 Å². The first-order chi connectivity index (χ1) is 18.9. The van der Waals surface area contributed by atoms with Gasteiger partial charge in [0.25, 0.3) is 0 Å². The number of aromatic nitrogens is 2. The minimum absolute atomic E-state index is 0.237. The number of halogens is 3. The summed E-state index contributed by atoms with van der Waals surface area (Å²) < 4.78 is 20.9. The van der Waals surface area contributed by atoms with E-state index >= 15 is 0 Å². The molecule has 1 saturated carbocycles. The summed E-state index contributed by atoms with van der Waals surface area (Å²) in [6.45, 7) is 2.95. The number of piperidine rings is 1. The number of fused-ring (bicyclic) bond motifs is 1. The van der Waals surface area contributed by atoms with Crippen molar-refractivity contribution in [2.24, 2.45) is 11.3 Å². The van der Waals surface area contributed by atoms with Gasteiger partial charge in [-0.15, -0.1) is 0 Å². The van der Waals surface area contributed by atoms with Crippen molar-refractivity contribution in [3.63, 3.8) is 0 Å². The molecule has 2 aromatic carbocycles. The lowest BCUT2D eigenvalue weighted by molar-refractivity contribution is -0.111.